The summed E-state index contributed by atoms with van der Waals surface area (Å²) < 4.78 is 2.03. The second-order valence-electron chi connectivity index (χ2n) is 7.88. The highest BCUT2D eigenvalue weighted by Crippen LogP contribution is 2.15. The average Bonchev–Trinajstić information content (AvgIpc) is 3.12. The van der Waals surface area contributed by atoms with E-state index in [1.165, 1.54) is 11.4 Å². The fourth-order valence-electron chi connectivity index (χ4n) is 3.86. The van der Waals surface area contributed by atoms with Crippen molar-refractivity contribution in [3.63, 3.8) is 0 Å². The molecule has 31 heavy (non-hydrogen) atoms. The van der Waals surface area contributed by atoms with Gasteiger partial charge in [0.2, 0.25) is 5.91 Å². The van der Waals surface area contributed by atoms with E-state index in [9.17, 15) is 4.79 Å². The van der Waals surface area contributed by atoms with Crippen LogP contribution in [0.25, 0.3) is 0 Å². The predicted octanol–water partition coefficient (Wildman–Crippen LogP) is 1.79. The molecule has 1 aliphatic rings. The molecule has 0 atom stereocenters. The number of nitrogens with zero attached hydrogens (tertiary/aromatic N) is 5. The summed E-state index contributed by atoms with van der Waals surface area (Å²) in [5.74, 6) is 0.926. The van der Waals surface area contributed by atoms with Gasteiger partial charge < -0.3 is 20.4 Å². The van der Waals surface area contributed by atoms with Crippen LogP contribution in [-0.4, -0.2) is 72.9 Å². The van der Waals surface area contributed by atoms with Gasteiger partial charge in [0.1, 0.15) is 0 Å². The SMILES string of the molecule is CN=C(NCCCn1nc(C)cc1C)NCCC(=O)N1CCN(c2ccccc2)CC1. The number of guanidine groups is 1. The fourth-order valence-corrected chi connectivity index (χ4v) is 3.86. The van der Waals surface area contributed by atoms with Gasteiger partial charge in [-0.1, -0.05) is 18.2 Å². The van der Waals surface area contributed by atoms with E-state index in [1.54, 1.807) is 7.05 Å². The summed E-state index contributed by atoms with van der Waals surface area (Å²) in [6.07, 6.45) is 1.42. The van der Waals surface area contributed by atoms with Crippen molar-refractivity contribution >= 4 is 17.6 Å². The molecule has 0 spiro atoms. The van der Waals surface area contributed by atoms with Crippen LogP contribution in [0.3, 0.4) is 0 Å². The van der Waals surface area contributed by atoms with Crippen molar-refractivity contribution < 1.29 is 4.79 Å². The molecule has 1 amide bonds. The van der Waals surface area contributed by atoms with E-state index in [1.807, 2.05) is 22.6 Å². The van der Waals surface area contributed by atoms with E-state index in [4.69, 9.17) is 0 Å². The molecule has 1 aliphatic heterocycles. The Labute approximate surface area is 185 Å². The minimum absolute atomic E-state index is 0.195. The molecule has 1 saturated heterocycles. The number of para-hydroxylation sites is 1. The average molecular weight is 426 g/mol. The first kappa shape index (κ1) is 22.7. The number of nitrogens with one attached hydrogen (secondary N) is 2. The van der Waals surface area contributed by atoms with Crippen LogP contribution in [-0.2, 0) is 11.3 Å². The van der Waals surface area contributed by atoms with E-state index >= 15 is 0 Å². The summed E-state index contributed by atoms with van der Waals surface area (Å²) in [5.41, 5.74) is 3.46. The maximum atomic E-state index is 12.6. The third kappa shape index (κ3) is 6.73. The molecule has 0 unspecified atom stereocenters. The molecule has 0 bridgehead atoms. The molecule has 2 heterocycles. The molecule has 2 N–H and O–H groups in total. The zero-order valence-electron chi connectivity index (χ0n) is 19.0. The lowest BCUT2D eigenvalue weighted by Gasteiger charge is -2.36. The van der Waals surface area contributed by atoms with Crippen LogP contribution in [0.2, 0.25) is 0 Å². The summed E-state index contributed by atoms with van der Waals surface area (Å²) in [4.78, 5) is 21.1. The maximum Gasteiger partial charge on any atom is 0.224 e. The quantitative estimate of drug-likeness (QED) is 0.383. The third-order valence-electron chi connectivity index (χ3n) is 5.55. The molecular weight excluding hydrogens is 390 g/mol. The summed E-state index contributed by atoms with van der Waals surface area (Å²) in [7, 11) is 1.75. The summed E-state index contributed by atoms with van der Waals surface area (Å²) in [6, 6.07) is 12.5. The molecule has 1 aromatic heterocycles. The Morgan fingerprint density at radius 3 is 2.42 bits per heavy atom. The number of anilines is 1. The molecule has 0 radical (unpaired) electrons. The van der Waals surface area contributed by atoms with Crippen molar-refractivity contribution in [3.8, 4) is 0 Å². The minimum Gasteiger partial charge on any atom is -0.368 e. The van der Waals surface area contributed by atoms with Crippen LogP contribution in [0.5, 0.6) is 0 Å². The van der Waals surface area contributed by atoms with Gasteiger partial charge in [-0.05, 0) is 38.5 Å². The van der Waals surface area contributed by atoms with Gasteiger partial charge in [0.05, 0.1) is 5.69 Å². The van der Waals surface area contributed by atoms with Gasteiger partial charge in [0.25, 0.3) is 0 Å². The Kier molecular flexibility index (Phi) is 8.32. The number of aliphatic imine (C=N–C) groups is 1. The Morgan fingerprint density at radius 2 is 1.77 bits per heavy atom. The lowest BCUT2D eigenvalue weighted by molar-refractivity contribution is -0.131. The van der Waals surface area contributed by atoms with Crippen molar-refractivity contribution in [2.24, 2.45) is 4.99 Å². The lowest BCUT2D eigenvalue weighted by Crippen LogP contribution is -2.49. The van der Waals surface area contributed by atoms with Crippen LogP contribution in [0.15, 0.2) is 41.4 Å². The molecule has 2 aromatic rings. The second kappa shape index (κ2) is 11.4. The Hall–Kier alpha value is -3.03. The van der Waals surface area contributed by atoms with E-state index in [0.29, 0.717) is 13.0 Å². The molecular formula is C23H35N7O. The first-order chi connectivity index (χ1) is 15.1. The van der Waals surface area contributed by atoms with E-state index in [-0.39, 0.29) is 5.91 Å². The maximum absolute atomic E-state index is 12.6. The van der Waals surface area contributed by atoms with Crippen LogP contribution in [0.1, 0.15) is 24.2 Å². The van der Waals surface area contributed by atoms with Gasteiger partial charge in [0.15, 0.2) is 5.96 Å². The monoisotopic (exact) mass is 425 g/mol. The van der Waals surface area contributed by atoms with Gasteiger partial charge in [0, 0.05) is 70.7 Å². The fraction of sp³-hybridized carbons (Fsp3) is 0.522. The van der Waals surface area contributed by atoms with Crippen molar-refractivity contribution in [2.75, 3.05) is 51.2 Å². The number of piperazine rings is 1. The molecule has 3 rings (SSSR count). The number of carbonyl (C=O) groups excluding carboxylic acids is 1. The Balaban J connectivity index is 1.30. The molecule has 8 nitrogen and oxygen atoms in total. The van der Waals surface area contributed by atoms with Crippen molar-refractivity contribution in [1.82, 2.24) is 25.3 Å². The molecule has 8 heteroatoms. The highest BCUT2D eigenvalue weighted by molar-refractivity contribution is 5.81. The molecule has 0 aliphatic carbocycles. The van der Waals surface area contributed by atoms with Crippen LogP contribution in [0.4, 0.5) is 5.69 Å². The number of aryl methyl sites for hydroxylation is 3. The summed E-state index contributed by atoms with van der Waals surface area (Å²) in [6.45, 7) is 9.63. The van der Waals surface area contributed by atoms with Gasteiger partial charge in [-0.15, -0.1) is 0 Å². The van der Waals surface area contributed by atoms with Crippen molar-refractivity contribution in [2.45, 2.75) is 33.2 Å². The Bertz CT molecular complexity index is 854. The number of carbonyl (C=O) groups is 1. The number of hydrogen-bond donors (Lipinski definition) is 2. The smallest absolute Gasteiger partial charge is 0.224 e. The normalized spacial score (nSPS) is 14.6. The van der Waals surface area contributed by atoms with Gasteiger partial charge in [-0.2, -0.15) is 5.10 Å². The van der Waals surface area contributed by atoms with Crippen molar-refractivity contribution in [3.05, 3.63) is 47.8 Å². The van der Waals surface area contributed by atoms with Crippen LogP contribution >= 0.6 is 0 Å². The molecule has 1 aromatic carbocycles. The van der Waals surface area contributed by atoms with Gasteiger partial charge in [-0.3, -0.25) is 14.5 Å². The van der Waals surface area contributed by atoms with E-state index in [2.05, 4.69) is 62.9 Å². The van der Waals surface area contributed by atoms with Gasteiger partial charge >= 0.3 is 0 Å². The summed E-state index contributed by atoms with van der Waals surface area (Å²) >= 11 is 0. The van der Waals surface area contributed by atoms with Crippen LogP contribution < -0.4 is 15.5 Å². The highest BCUT2D eigenvalue weighted by atomic mass is 16.2. The first-order valence-corrected chi connectivity index (χ1v) is 11.1. The standard InChI is InChI=1S/C23H35N7O/c1-19-18-20(2)30(27-19)13-7-11-25-23(24-3)26-12-10-22(31)29-16-14-28(15-17-29)21-8-5-4-6-9-21/h4-6,8-9,18H,7,10-17H2,1-3H3,(H2,24,25,26). The molecule has 0 saturated carbocycles. The first-order valence-electron chi connectivity index (χ1n) is 11.1. The zero-order valence-corrected chi connectivity index (χ0v) is 19.0. The number of amides is 1. The van der Waals surface area contributed by atoms with E-state index < -0.39 is 0 Å². The zero-order chi connectivity index (χ0) is 22.1. The number of aromatic nitrogens is 2. The minimum atomic E-state index is 0.195. The van der Waals surface area contributed by atoms with Crippen LogP contribution in [0, 0.1) is 13.8 Å². The van der Waals surface area contributed by atoms with Gasteiger partial charge in [-0.25, -0.2) is 0 Å². The molecule has 1 fully saturated rings. The Morgan fingerprint density at radius 1 is 1.06 bits per heavy atom. The predicted molar refractivity (Wildman–Crippen MR) is 126 cm³/mol. The second-order valence-corrected chi connectivity index (χ2v) is 7.88. The lowest BCUT2D eigenvalue weighted by atomic mass is 10.2. The summed E-state index contributed by atoms with van der Waals surface area (Å²) in [5, 5.41) is 11.0. The van der Waals surface area contributed by atoms with E-state index in [0.717, 1.165) is 57.3 Å². The number of rotatable bonds is 8. The largest absolute Gasteiger partial charge is 0.368 e. The van der Waals surface area contributed by atoms with Crippen molar-refractivity contribution in [1.29, 1.82) is 0 Å². The topological polar surface area (TPSA) is 77.8 Å². The number of benzene rings is 1. The number of hydrogen-bond acceptors (Lipinski definition) is 4. The highest BCUT2D eigenvalue weighted by Gasteiger charge is 2.20. The molecule has 168 valence electrons. The third-order valence-corrected chi connectivity index (χ3v) is 5.55.